The molecule has 0 atom stereocenters. The van der Waals surface area contributed by atoms with Gasteiger partial charge in [0.25, 0.3) is 0 Å². The zero-order valence-corrected chi connectivity index (χ0v) is 24.5. The SMILES string of the molecule is C[N+](C)(C)Cc1cc(C(c2ccc(O)c(C[N+](C)(C)C)c2)(C(F)(F)F)C(F)(F)F)ccc1O.[I-].[I-]. The lowest BCUT2D eigenvalue weighted by molar-refractivity contribution is -0.884. The van der Waals surface area contributed by atoms with Gasteiger partial charge in [-0.05, 0) is 35.4 Å². The number of halogens is 8. The lowest BCUT2D eigenvalue weighted by atomic mass is 9.72. The fraction of sp³-hybridized carbons (Fsp3) is 0.478. The molecular formula is C23H30F6I2N2O2. The second-order valence-corrected chi connectivity index (χ2v) is 10.3. The van der Waals surface area contributed by atoms with E-state index in [1.54, 1.807) is 42.3 Å². The Morgan fingerprint density at radius 1 is 0.600 bits per heavy atom. The van der Waals surface area contributed by atoms with E-state index in [1.807, 2.05) is 0 Å². The van der Waals surface area contributed by atoms with Crippen LogP contribution in [0, 0.1) is 0 Å². The minimum absolute atomic E-state index is 0. The van der Waals surface area contributed by atoms with Crippen molar-refractivity contribution in [2.45, 2.75) is 30.9 Å². The summed E-state index contributed by atoms with van der Waals surface area (Å²) in [6.07, 6.45) is -11.5. The molecule has 0 heterocycles. The Bertz CT molecular complexity index is 932. The number of rotatable bonds is 6. The van der Waals surface area contributed by atoms with E-state index < -0.39 is 28.9 Å². The molecule has 4 nitrogen and oxygen atoms in total. The number of alkyl halides is 6. The van der Waals surface area contributed by atoms with Crippen LogP contribution in [0.5, 0.6) is 11.5 Å². The van der Waals surface area contributed by atoms with Crippen LogP contribution in [0.3, 0.4) is 0 Å². The van der Waals surface area contributed by atoms with Crippen LogP contribution in [0.15, 0.2) is 36.4 Å². The van der Waals surface area contributed by atoms with Gasteiger partial charge in [0.15, 0.2) is 0 Å². The standard InChI is InChI=1S/C23H28F6N2O2.2HI/c1-30(2,3)13-15-11-17(7-9-19(15)32)21(22(24,25)26,23(27,28)29)18-8-10-20(33)16(12-18)14-31(4,5)6;;/h7-12H,13-14H2,1-6H3;2*1H. The summed E-state index contributed by atoms with van der Waals surface area (Å²) >= 11 is 0. The van der Waals surface area contributed by atoms with Crippen LogP contribution in [0.25, 0.3) is 0 Å². The van der Waals surface area contributed by atoms with Crippen LogP contribution in [-0.2, 0) is 18.5 Å². The summed E-state index contributed by atoms with van der Waals surface area (Å²) in [6, 6.07) is 4.57. The zero-order chi connectivity index (χ0) is 25.6. The van der Waals surface area contributed by atoms with Gasteiger partial charge in [0.1, 0.15) is 24.6 Å². The van der Waals surface area contributed by atoms with Gasteiger partial charge in [0.2, 0.25) is 5.41 Å². The summed E-state index contributed by atoms with van der Waals surface area (Å²) in [5.41, 5.74) is -6.54. The highest BCUT2D eigenvalue weighted by atomic mass is 127. The van der Waals surface area contributed by atoms with Crippen molar-refractivity contribution in [3.63, 3.8) is 0 Å². The summed E-state index contributed by atoms with van der Waals surface area (Å²) in [7, 11) is 10.2. The number of aromatic hydroxyl groups is 2. The summed E-state index contributed by atoms with van der Waals surface area (Å²) in [4.78, 5) is 0. The van der Waals surface area contributed by atoms with Gasteiger partial charge in [-0.2, -0.15) is 26.3 Å². The lowest BCUT2D eigenvalue weighted by Crippen LogP contribution is -3.00. The minimum atomic E-state index is -5.76. The molecule has 12 heteroatoms. The monoisotopic (exact) mass is 734 g/mol. The van der Waals surface area contributed by atoms with Gasteiger partial charge < -0.3 is 67.1 Å². The predicted octanol–water partition coefficient (Wildman–Crippen LogP) is -1.07. The molecule has 0 saturated carbocycles. The average Bonchev–Trinajstić information content (AvgIpc) is 2.56. The summed E-state index contributed by atoms with van der Waals surface area (Å²) < 4.78 is 87.5. The molecule has 0 unspecified atom stereocenters. The van der Waals surface area contributed by atoms with E-state index in [-0.39, 0.29) is 92.6 Å². The van der Waals surface area contributed by atoms with Gasteiger partial charge in [-0.3, -0.25) is 0 Å². The first kappa shape index (κ1) is 34.0. The quantitative estimate of drug-likeness (QED) is 0.226. The van der Waals surface area contributed by atoms with Crippen molar-refractivity contribution in [2.24, 2.45) is 0 Å². The van der Waals surface area contributed by atoms with E-state index in [0.29, 0.717) is 12.1 Å². The maximum absolute atomic E-state index is 14.5. The zero-order valence-electron chi connectivity index (χ0n) is 20.2. The molecule has 2 N–H and O–H groups in total. The smallest absolute Gasteiger partial charge is 0.411 e. The number of phenols is 2. The average molecular weight is 734 g/mol. The van der Waals surface area contributed by atoms with E-state index in [0.717, 1.165) is 24.3 Å². The highest BCUT2D eigenvalue weighted by Gasteiger charge is 2.72. The molecule has 0 aromatic heterocycles. The van der Waals surface area contributed by atoms with E-state index in [1.165, 1.54) is 0 Å². The molecular weight excluding hydrogens is 704 g/mol. The van der Waals surface area contributed by atoms with Crippen LogP contribution in [0.1, 0.15) is 22.3 Å². The Kier molecular flexibility index (Phi) is 10.9. The van der Waals surface area contributed by atoms with E-state index in [9.17, 15) is 36.6 Å². The predicted molar refractivity (Wildman–Crippen MR) is 113 cm³/mol. The molecule has 0 aliphatic rings. The van der Waals surface area contributed by atoms with E-state index in [4.69, 9.17) is 0 Å². The van der Waals surface area contributed by atoms with Gasteiger partial charge in [-0.1, -0.05) is 12.1 Å². The maximum atomic E-state index is 14.5. The summed E-state index contributed by atoms with van der Waals surface area (Å²) in [5, 5.41) is 20.3. The summed E-state index contributed by atoms with van der Waals surface area (Å²) in [6.45, 7) is 0.0155. The first-order valence-electron chi connectivity index (χ1n) is 10.1. The fourth-order valence-electron chi connectivity index (χ4n) is 3.89. The number of phenolic OH excluding ortho intramolecular Hbond substituents is 2. The first-order chi connectivity index (χ1) is 14.7. The van der Waals surface area contributed by atoms with Crippen molar-refractivity contribution >= 4 is 0 Å². The van der Waals surface area contributed by atoms with Crippen molar-refractivity contribution < 1.29 is 93.5 Å². The van der Waals surface area contributed by atoms with Crippen molar-refractivity contribution in [3.8, 4) is 11.5 Å². The van der Waals surface area contributed by atoms with Crippen molar-refractivity contribution in [3.05, 3.63) is 58.7 Å². The highest BCUT2D eigenvalue weighted by Crippen LogP contribution is 2.57. The Morgan fingerprint density at radius 2 is 0.886 bits per heavy atom. The van der Waals surface area contributed by atoms with Crippen LogP contribution >= 0.6 is 0 Å². The molecule has 0 spiro atoms. The van der Waals surface area contributed by atoms with Crippen LogP contribution < -0.4 is 48.0 Å². The molecule has 0 fully saturated rings. The third-order valence-corrected chi connectivity index (χ3v) is 5.16. The normalized spacial score (nSPS) is 13.1. The number of nitrogens with zero attached hydrogens (tertiary/aromatic N) is 2. The largest absolute Gasteiger partial charge is 1.00 e. The van der Waals surface area contributed by atoms with Gasteiger partial charge in [-0.15, -0.1) is 0 Å². The number of benzene rings is 2. The molecule has 200 valence electrons. The Balaban J connectivity index is 0.00000578. The van der Waals surface area contributed by atoms with Crippen molar-refractivity contribution in [2.75, 3.05) is 42.3 Å². The van der Waals surface area contributed by atoms with E-state index >= 15 is 0 Å². The first-order valence-corrected chi connectivity index (χ1v) is 10.1. The molecule has 0 amide bonds. The molecule has 0 aliphatic heterocycles. The molecule has 0 saturated heterocycles. The minimum Gasteiger partial charge on any atom is -1.00 e. The Labute approximate surface area is 235 Å². The molecule has 2 aromatic rings. The van der Waals surface area contributed by atoms with Crippen LogP contribution in [-0.4, -0.2) is 73.8 Å². The second-order valence-electron chi connectivity index (χ2n) is 10.3. The van der Waals surface area contributed by atoms with Gasteiger partial charge in [0.05, 0.1) is 42.3 Å². The molecule has 0 aliphatic carbocycles. The van der Waals surface area contributed by atoms with Gasteiger partial charge >= 0.3 is 12.4 Å². The maximum Gasteiger partial charge on any atom is 0.411 e. The van der Waals surface area contributed by atoms with Gasteiger partial charge in [0, 0.05) is 11.1 Å². The molecule has 0 radical (unpaired) electrons. The molecule has 2 rings (SSSR count). The summed E-state index contributed by atoms with van der Waals surface area (Å²) in [5.74, 6) is -0.775. The van der Waals surface area contributed by atoms with Crippen LogP contribution in [0.4, 0.5) is 26.3 Å². The third kappa shape index (κ3) is 7.51. The second kappa shape index (κ2) is 11.2. The van der Waals surface area contributed by atoms with Crippen molar-refractivity contribution in [1.82, 2.24) is 0 Å². The molecule has 35 heavy (non-hydrogen) atoms. The van der Waals surface area contributed by atoms with Crippen LogP contribution in [0.2, 0.25) is 0 Å². The number of hydrogen-bond acceptors (Lipinski definition) is 2. The fourth-order valence-corrected chi connectivity index (χ4v) is 3.89. The lowest BCUT2D eigenvalue weighted by Gasteiger charge is -2.39. The van der Waals surface area contributed by atoms with Gasteiger partial charge in [-0.25, -0.2) is 0 Å². The number of hydrogen-bond donors (Lipinski definition) is 2. The third-order valence-electron chi connectivity index (χ3n) is 5.16. The molecule has 2 aromatic carbocycles. The highest BCUT2D eigenvalue weighted by molar-refractivity contribution is 5.50. The molecule has 0 bridgehead atoms. The van der Waals surface area contributed by atoms with Crippen molar-refractivity contribution in [1.29, 1.82) is 0 Å². The Morgan fingerprint density at radius 3 is 1.11 bits per heavy atom. The number of quaternary nitrogens is 2. The Hall–Kier alpha value is -1.00. The van der Waals surface area contributed by atoms with E-state index in [2.05, 4.69) is 0 Å². The topological polar surface area (TPSA) is 40.5 Å².